The normalized spacial score (nSPS) is 18.7. The van der Waals surface area contributed by atoms with Crippen LogP contribution >= 0.6 is 0 Å². The molecule has 0 aromatic carbocycles. The summed E-state index contributed by atoms with van der Waals surface area (Å²) in [5.41, 5.74) is 0.428. The number of nitrogens with zero attached hydrogens (tertiary/aromatic N) is 3. The van der Waals surface area contributed by atoms with Gasteiger partial charge < -0.3 is 9.32 Å². The molecule has 0 radical (unpaired) electrons. The molecule has 23 heavy (non-hydrogen) atoms. The lowest BCUT2D eigenvalue weighted by molar-refractivity contribution is -0.129. The van der Waals surface area contributed by atoms with E-state index >= 15 is 0 Å². The molecule has 1 aliphatic heterocycles. The van der Waals surface area contributed by atoms with Crippen LogP contribution in [-0.4, -0.2) is 28.1 Å². The Morgan fingerprint density at radius 1 is 1.43 bits per heavy atom. The topological polar surface area (TPSA) is 87.2 Å². The number of hydrogen-bond donors (Lipinski definition) is 0. The second kappa shape index (κ2) is 6.44. The number of carbonyl (C=O) groups excluding carboxylic acids is 2. The molecule has 2 atom stereocenters. The molecular weight excluding hydrogens is 294 g/mol. The lowest BCUT2D eigenvalue weighted by atomic mass is 9.90. The summed E-state index contributed by atoms with van der Waals surface area (Å²) in [4.78, 5) is 30.4. The molecule has 1 saturated heterocycles. The van der Waals surface area contributed by atoms with Crippen LogP contribution < -0.4 is 0 Å². The monoisotopic (exact) mass is 309 g/mol. The van der Waals surface area contributed by atoms with E-state index in [9.17, 15) is 14.9 Å². The van der Waals surface area contributed by atoms with E-state index < -0.39 is 11.8 Å². The molecule has 3 rings (SSSR count). The number of rotatable bonds is 5. The van der Waals surface area contributed by atoms with Gasteiger partial charge in [-0.2, -0.15) is 5.26 Å². The van der Waals surface area contributed by atoms with Crippen LogP contribution in [0.25, 0.3) is 0 Å². The van der Waals surface area contributed by atoms with Gasteiger partial charge in [0.2, 0.25) is 5.91 Å². The second-order valence-corrected chi connectivity index (χ2v) is 5.47. The van der Waals surface area contributed by atoms with Gasteiger partial charge in [-0.05, 0) is 24.3 Å². The number of carbonyl (C=O) groups is 2. The van der Waals surface area contributed by atoms with Gasteiger partial charge in [0.25, 0.3) is 0 Å². The number of amides is 1. The first-order chi connectivity index (χ1) is 11.2. The lowest BCUT2D eigenvalue weighted by Gasteiger charge is -2.16. The zero-order valence-electron chi connectivity index (χ0n) is 12.4. The van der Waals surface area contributed by atoms with Gasteiger partial charge in [0.1, 0.15) is 11.7 Å². The Kier molecular flexibility index (Phi) is 4.20. The van der Waals surface area contributed by atoms with Gasteiger partial charge in [0.05, 0.1) is 24.6 Å². The van der Waals surface area contributed by atoms with Crippen molar-refractivity contribution in [1.82, 2.24) is 9.88 Å². The molecule has 0 spiro atoms. The molecule has 2 aromatic heterocycles. The summed E-state index contributed by atoms with van der Waals surface area (Å²) in [7, 11) is 0. The first-order valence-electron chi connectivity index (χ1n) is 7.33. The van der Waals surface area contributed by atoms with Crippen LogP contribution in [0.15, 0.2) is 47.2 Å². The van der Waals surface area contributed by atoms with Gasteiger partial charge in [-0.25, -0.2) is 0 Å². The van der Waals surface area contributed by atoms with Crippen molar-refractivity contribution in [3.8, 4) is 6.07 Å². The fourth-order valence-electron chi connectivity index (χ4n) is 2.76. The Balaban J connectivity index is 1.71. The first-order valence-corrected chi connectivity index (χ1v) is 7.33. The molecule has 2 unspecified atom stereocenters. The van der Waals surface area contributed by atoms with Gasteiger partial charge in [-0.1, -0.05) is 6.07 Å². The highest BCUT2D eigenvalue weighted by atomic mass is 16.3. The van der Waals surface area contributed by atoms with Crippen LogP contribution in [0.4, 0.5) is 0 Å². The highest BCUT2D eigenvalue weighted by molar-refractivity contribution is 5.95. The van der Waals surface area contributed by atoms with E-state index in [2.05, 4.69) is 4.98 Å². The van der Waals surface area contributed by atoms with Crippen LogP contribution in [0.2, 0.25) is 0 Å². The van der Waals surface area contributed by atoms with E-state index in [1.807, 2.05) is 6.07 Å². The zero-order valence-corrected chi connectivity index (χ0v) is 12.4. The fraction of sp³-hybridized carbons (Fsp3) is 0.294. The van der Waals surface area contributed by atoms with Gasteiger partial charge in [0.15, 0.2) is 5.78 Å². The van der Waals surface area contributed by atoms with Crippen molar-refractivity contribution in [2.24, 2.45) is 5.92 Å². The molecule has 1 aliphatic rings. The maximum Gasteiger partial charge on any atom is 0.223 e. The Morgan fingerprint density at radius 3 is 2.96 bits per heavy atom. The average molecular weight is 309 g/mol. The summed E-state index contributed by atoms with van der Waals surface area (Å²) in [5.74, 6) is -1.09. The number of ketones is 1. The second-order valence-electron chi connectivity index (χ2n) is 5.47. The Hall–Kier alpha value is -2.94. The molecular formula is C17H15N3O3. The number of furan rings is 1. The van der Waals surface area contributed by atoms with Crippen molar-refractivity contribution in [3.05, 3.63) is 54.2 Å². The molecule has 1 amide bonds. The maximum absolute atomic E-state index is 12.6. The summed E-state index contributed by atoms with van der Waals surface area (Å²) in [6, 6.07) is 10.7. The van der Waals surface area contributed by atoms with E-state index in [0.717, 1.165) is 0 Å². The van der Waals surface area contributed by atoms with Crippen molar-refractivity contribution in [3.63, 3.8) is 0 Å². The first kappa shape index (κ1) is 15.0. The van der Waals surface area contributed by atoms with Gasteiger partial charge in [0, 0.05) is 25.1 Å². The Bertz CT molecular complexity index is 734. The molecule has 1 fully saturated rings. The lowest BCUT2D eigenvalue weighted by Crippen LogP contribution is -2.27. The van der Waals surface area contributed by atoms with Crippen LogP contribution in [0.1, 0.15) is 23.8 Å². The highest BCUT2D eigenvalue weighted by Crippen LogP contribution is 2.27. The Labute approximate surface area is 133 Å². The molecule has 6 nitrogen and oxygen atoms in total. The summed E-state index contributed by atoms with van der Waals surface area (Å²) < 4.78 is 5.24. The summed E-state index contributed by atoms with van der Waals surface area (Å²) in [6.45, 7) is 0.653. The number of aromatic nitrogens is 1. The van der Waals surface area contributed by atoms with Crippen LogP contribution in [0.5, 0.6) is 0 Å². The van der Waals surface area contributed by atoms with E-state index in [-0.39, 0.29) is 18.1 Å². The maximum atomic E-state index is 12.6. The smallest absolute Gasteiger partial charge is 0.223 e. The van der Waals surface area contributed by atoms with Crippen LogP contribution in [-0.2, 0) is 16.1 Å². The molecule has 3 heterocycles. The third-order valence-electron chi connectivity index (χ3n) is 3.94. The molecule has 0 bridgehead atoms. The SMILES string of the molecule is N#CC(C(=O)C1CC(=O)N(Cc2ccco2)C1)c1ccccn1. The van der Waals surface area contributed by atoms with E-state index in [1.54, 1.807) is 47.7 Å². The predicted octanol–water partition coefficient (Wildman–Crippen LogP) is 1.90. The molecule has 0 aliphatic carbocycles. The number of nitriles is 1. The Morgan fingerprint density at radius 2 is 2.30 bits per heavy atom. The van der Waals surface area contributed by atoms with Crippen LogP contribution in [0, 0.1) is 17.2 Å². The van der Waals surface area contributed by atoms with E-state index in [4.69, 9.17) is 4.42 Å². The molecule has 0 saturated carbocycles. The van der Waals surface area contributed by atoms with Gasteiger partial charge in [-0.15, -0.1) is 0 Å². The molecule has 116 valence electrons. The highest BCUT2D eigenvalue weighted by Gasteiger charge is 2.38. The van der Waals surface area contributed by atoms with Crippen molar-refractivity contribution >= 4 is 11.7 Å². The minimum atomic E-state index is -0.933. The molecule has 0 N–H and O–H groups in total. The summed E-state index contributed by atoms with van der Waals surface area (Å²) in [6.07, 6.45) is 3.23. The van der Waals surface area contributed by atoms with Crippen molar-refractivity contribution in [2.45, 2.75) is 18.9 Å². The fourth-order valence-corrected chi connectivity index (χ4v) is 2.76. The minimum Gasteiger partial charge on any atom is -0.467 e. The van der Waals surface area contributed by atoms with E-state index in [0.29, 0.717) is 24.5 Å². The van der Waals surface area contributed by atoms with Gasteiger partial charge in [-0.3, -0.25) is 14.6 Å². The average Bonchev–Trinajstić information content (AvgIpc) is 3.20. The van der Waals surface area contributed by atoms with E-state index in [1.165, 1.54) is 0 Å². The standard InChI is InChI=1S/C17H15N3O3/c18-9-14(15-5-1-2-6-19-15)17(22)12-8-16(21)20(10-12)11-13-4-3-7-23-13/h1-7,12,14H,8,10-11H2. The number of likely N-dealkylation sites (tertiary alicyclic amines) is 1. The number of pyridine rings is 1. The van der Waals surface area contributed by atoms with Crippen molar-refractivity contribution in [1.29, 1.82) is 5.26 Å². The van der Waals surface area contributed by atoms with Gasteiger partial charge >= 0.3 is 0 Å². The minimum absolute atomic E-state index is 0.0996. The molecule has 2 aromatic rings. The number of Topliss-reactive ketones (excluding diaryl/α,β-unsaturated/α-hetero) is 1. The number of hydrogen-bond acceptors (Lipinski definition) is 5. The largest absolute Gasteiger partial charge is 0.467 e. The summed E-state index contributed by atoms with van der Waals surface area (Å²) in [5, 5.41) is 9.33. The third kappa shape index (κ3) is 3.14. The predicted molar refractivity (Wildman–Crippen MR) is 79.8 cm³/mol. The molecule has 6 heteroatoms. The van der Waals surface area contributed by atoms with Crippen molar-refractivity contribution < 1.29 is 14.0 Å². The third-order valence-corrected chi connectivity index (χ3v) is 3.94. The zero-order chi connectivity index (χ0) is 16.2. The van der Waals surface area contributed by atoms with Crippen molar-refractivity contribution in [2.75, 3.05) is 6.54 Å². The van der Waals surface area contributed by atoms with Crippen LogP contribution in [0.3, 0.4) is 0 Å². The summed E-state index contributed by atoms with van der Waals surface area (Å²) >= 11 is 0. The quantitative estimate of drug-likeness (QED) is 0.841.